The van der Waals surface area contributed by atoms with Crippen LogP contribution in [-0.2, 0) is 16.1 Å². The number of methoxy groups -OCH3 is 2. The van der Waals surface area contributed by atoms with Gasteiger partial charge in [-0.3, -0.25) is 14.8 Å². The number of nitroso groups, excluding NO2 is 1. The molecule has 0 unspecified atom stereocenters. The van der Waals surface area contributed by atoms with E-state index in [4.69, 9.17) is 35.6 Å². The van der Waals surface area contributed by atoms with Gasteiger partial charge in [-0.1, -0.05) is 19.1 Å². The first-order valence-corrected chi connectivity index (χ1v) is 12.6. The van der Waals surface area contributed by atoms with E-state index in [2.05, 4.69) is 15.1 Å². The molecule has 0 saturated heterocycles. The number of fused-ring (bicyclic) bond motifs is 1. The minimum atomic E-state index is -1.04. The molecule has 11 nitrogen and oxygen atoms in total. The quantitative estimate of drug-likeness (QED) is 0.137. The Morgan fingerprint density at radius 2 is 1.48 bits per heavy atom. The topological polar surface area (TPSA) is 172 Å². The highest BCUT2D eigenvalue weighted by atomic mass is 19.1. The van der Waals surface area contributed by atoms with Crippen molar-refractivity contribution in [2.45, 2.75) is 27.4 Å². The molecular formula is C29H35F2N5O6. The number of carbonyl (C=O) groups is 1. The molecule has 0 aliphatic rings. The third-order valence-corrected chi connectivity index (χ3v) is 5.27. The van der Waals surface area contributed by atoms with Gasteiger partial charge >= 0.3 is 0 Å². The van der Waals surface area contributed by atoms with Crippen molar-refractivity contribution in [3.63, 3.8) is 0 Å². The van der Waals surface area contributed by atoms with E-state index >= 15 is 0 Å². The Morgan fingerprint density at radius 1 is 0.976 bits per heavy atom. The molecule has 226 valence electrons. The fourth-order valence-electron chi connectivity index (χ4n) is 3.60. The summed E-state index contributed by atoms with van der Waals surface area (Å²) in [6.07, 6.45) is 3.41. The molecule has 0 saturated carbocycles. The largest absolute Gasteiger partial charge is 0.496 e. The van der Waals surface area contributed by atoms with Gasteiger partial charge in [0.1, 0.15) is 11.5 Å². The molecule has 4 rings (SSSR count). The average molecular weight is 588 g/mol. The second-order valence-electron chi connectivity index (χ2n) is 8.13. The number of hydrogen-bond donors (Lipinski definition) is 3. The number of carboxylic acid groups (broad SMARTS) is 1. The van der Waals surface area contributed by atoms with Crippen LogP contribution >= 0.6 is 0 Å². The van der Waals surface area contributed by atoms with Crippen LogP contribution in [0.2, 0.25) is 0 Å². The minimum Gasteiger partial charge on any atom is -0.496 e. The first kappa shape index (κ1) is 35.3. The molecule has 0 aliphatic carbocycles. The van der Waals surface area contributed by atoms with E-state index < -0.39 is 17.3 Å². The van der Waals surface area contributed by atoms with Crippen molar-refractivity contribution in [2.24, 2.45) is 10.9 Å². The highest BCUT2D eigenvalue weighted by molar-refractivity contribution is 5.96. The summed E-state index contributed by atoms with van der Waals surface area (Å²) in [5.41, 5.74) is 14.6. The first-order valence-electron chi connectivity index (χ1n) is 12.6. The Balaban J connectivity index is 0.000000430. The van der Waals surface area contributed by atoms with Gasteiger partial charge in [0, 0.05) is 30.3 Å². The highest BCUT2D eigenvalue weighted by Crippen LogP contribution is 2.42. The molecule has 5 N–H and O–H groups in total. The molecule has 0 atom stereocenters. The Morgan fingerprint density at radius 3 is 1.93 bits per heavy atom. The number of anilines is 1. The average Bonchev–Trinajstić information content (AvgIpc) is 2.97. The predicted molar refractivity (Wildman–Crippen MR) is 158 cm³/mol. The number of halogens is 2. The van der Waals surface area contributed by atoms with Gasteiger partial charge in [0.2, 0.25) is 0 Å². The number of nitrogens with zero attached hydrogens (tertiary/aromatic N) is 3. The van der Waals surface area contributed by atoms with Crippen molar-refractivity contribution in [2.75, 3.05) is 33.1 Å². The molecule has 0 aliphatic heterocycles. The van der Waals surface area contributed by atoms with E-state index in [0.717, 1.165) is 63.5 Å². The summed E-state index contributed by atoms with van der Waals surface area (Å²) in [7, 11) is 3.32. The Bertz CT molecular complexity index is 1410. The molecule has 0 spiro atoms. The van der Waals surface area contributed by atoms with Crippen molar-refractivity contribution in [3.05, 3.63) is 76.5 Å². The van der Waals surface area contributed by atoms with Crippen LogP contribution in [0.3, 0.4) is 0 Å². The normalized spacial score (nSPS) is 9.71. The van der Waals surface area contributed by atoms with Crippen molar-refractivity contribution in [1.82, 2.24) is 9.97 Å². The second kappa shape index (κ2) is 18.6. The lowest BCUT2D eigenvalue weighted by molar-refractivity contribution is -0.122. The number of rotatable bonds is 7. The summed E-state index contributed by atoms with van der Waals surface area (Å²) in [5, 5.41) is 9.04. The van der Waals surface area contributed by atoms with Crippen molar-refractivity contribution in [1.29, 1.82) is 0 Å². The number of benzene rings is 3. The number of ether oxygens (including phenoxy) is 3. The molecule has 0 fully saturated rings. The number of aromatic nitrogens is 2. The van der Waals surface area contributed by atoms with Crippen LogP contribution in [0.25, 0.3) is 22.2 Å². The van der Waals surface area contributed by atoms with Gasteiger partial charge in [-0.05, 0) is 61.0 Å². The summed E-state index contributed by atoms with van der Waals surface area (Å²) in [4.78, 5) is 27.2. The first-order chi connectivity index (χ1) is 20.2. The van der Waals surface area contributed by atoms with Crippen LogP contribution in [0.5, 0.6) is 11.5 Å². The molecule has 0 radical (unpaired) electrons. The van der Waals surface area contributed by atoms with E-state index in [-0.39, 0.29) is 12.2 Å². The van der Waals surface area contributed by atoms with Crippen LogP contribution in [0.4, 0.5) is 20.2 Å². The van der Waals surface area contributed by atoms with Crippen molar-refractivity contribution < 1.29 is 32.9 Å². The van der Waals surface area contributed by atoms with Gasteiger partial charge in [0.25, 0.3) is 6.47 Å². The fourth-order valence-corrected chi connectivity index (χ4v) is 3.60. The van der Waals surface area contributed by atoms with E-state index in [0.29, 0.717) is 13.2 Å². The van der Waals surface area contributed by atoms with E-state index in [1.807, 2.05) is 45.0 Å². The van der Waals surface area contributed by atoms with Crippen LogP contribution in [-0.4, -0.2) is 48.9 Å². The predicted octanol–water partition coefficient (Wildman–Crippen LogP) is 5.77. The fraction of sp³-hybridized carbons (Fsp3) is 0.276. The van der Waals surface area contributed by atoms with Gasteiger partial charge in [0.15, 0.2) is 17.3 Å². The SMILES string of the molecule is CCN.CCOCc1cc(OC)c(-c2ccc(C)c3nccnc23)c(OC)c1.Nc1cc(F)c(N=O)c(F)c1.O=CO. The Labute approximate surface area is 242 Å². The van der Waals surface area contributed by atoms with Gasteiger partial charge < -0.3 is 30.8 Å². The lowest BCUT2D eigenvalue weighted by Gasteiger charge is -2.17. The lowest BCUT2D eigenvalue weighted by atomic mass is 9.98. The third kappa shape index (κ3) is 9.71. The van der Waals surface area contributed by atoms with Crippen molar-refractivity contribution in [3.8, 4) is 22.6 Å². The van der Waals surface area contributed by atoms with Crippen LogP contribution in [0.1, 0.15) is 25.0 Å². The van der Waals surface area contributed by atoms with E-state index in [1.165, 1.54) is 0 Å². The highest BCUT2D eigenvalue weighted by Gasteiger charge is 2.18. The summed E-state index contributed by atoms with van der Waals surface area (Å²) >= 11 is 0. The van der Waals surface area contributed by atoms with Gasteiger partial charge in [0.05, 0.1) is 37.4 Å². The molecule has 1 aromatic heterocycles. The molecule has 4 aromatic rings. The summed E-state index contributed by atoms with van der Waals surface area (Å²) in [6, 6.07) is 9.71. The van der Waals surface area contributed by atoms with Crippen molar-refractivity contribution >= 4 is 28.9 Å². The van der Waals surface area contributed by atoms with Crippen LogP contribution in [0, 0.1) is 23.5 Å². The van der Waals surface area contributed by atoms with Gasteiger partial charge in [-0.15, -0.1) is 4.91 Å². The molecular weight excluding hydrogens is 552 g/mol. The van der Waals surface area contributed by atoms with Gasteiger partial charge in [-0.25, -0.2) is 8.78 Å². The van der Waals surface area contributed by atoms with Crippen LogP contribution in [0.15, 0.2) is 54.0 Å². The van der Waals surface area contributed by atoms with E-state index in [9.17, 15) is 13.7 Å². The minimum absolute atomic E-state index is 0.0765. The summed E-state index contributed by atoms with van der Waals surface area (Å²) < 4.78 is 41.8. The zero-order valence-corrected chi connectivity index (χ0v) is 24.1. The number of nitrogen functional groups attached to an aromatic ring is 1. The maximum atomic E-state index is 12.5. The third-order valence-electron chi connectivity index (χ3n) is 5.27. The number of aryl methyl sites for hydroxylation is 1. The maximum Gasteiger partial charge on any atom is 0.290 e. The second-order valence-corrected chi connectivity index (χ2v) is 8.13. The smallest absolute Gasteiger partial charge is 0.290 e. The molecule has 3 aromatic carbocycles. The Hall–Kier alpha value is -4.75. The lowest BCUT2D eigenvalue weighted by Crippen LogP contribution is -1.99. The van der Waals surface area contributed by atoms with Crippen LogP contribution < -0.4 is 20.9 Å². The zero-order chi connectivity index (χ0) is 31.7. The number of hydrogen-bond acceptors (Lipinski definition) is 10. The van der Waals surface area contributed by atoms with Gasteiger partial charge in [-0.2, -0.15) is 0 Å². The standard InChI is InChI=1S/C20H22N2O3.C6H4F2N2O.C2H7N.CH2O2/c1-5-25-12-14-10-16(23-3)18(17(11-14)24-4)15-7-6-13(2)19-20(15)22-9-8-21-19;7-4-1-3(9)2-5(8)6(4)10-11;1-2-3;2-1-3/h6-11H,5,12H2,1-4H3;1-2H,9H2;2-3H2,1H3;1H,(H,2,3). The summed E-state index contributed by atoms with van der Waals surface area (Å²) in [6.45, 7) is 7.57. The Kier molecular flexibility index (Phi) is 15.6. The van der Waals surface area contributed by atoms with E-state index in [1.54, 1.807) is 26.6 Å². The monoisotopic (exact) mass is 587 g/mol. The zero-order valence-electron chi connectivity index (χ0n) is 24.1. The maximum absolute atomic E-state index is 12.5. The molecule has 13 heteroatoms. The number of nitrogens with two attached hydrogens (primary N) is 2. The molecule has 0 amide bonds. The molecule has 1 heterocycles. The summed E-state index contributed by atoms with van der Waals surface area (Å²) in [5.74, 6) is -0.635. The molecule has 42 heavy (non-hydrogen) atoms. The molecule has 0 bridgehead atoms.